The van der Waals surface area contributed by atoms with Crippen LogP contribution in [0.2, 0.25) is 0 Å². The van der Waals surface area contributed by atoms with Gasteiger partial charge in [-0.15, -0.1) is 6.42 Å². The molecule has 1 aromatic rings. The first-order chi connectivity index (χ1) is 6.27. The zero-order valence-corrected chi connectivity index (χ0v) is 7.58. The molecule has 1 aromatic carbocycles. The maximum atomic E-state index is 9.01. The van der Waals surface area contributed by atoms with Crippen LogP contribution in [0.1, 0.15) is 11.1 Å². The lowest BCUT2D eigenvalue weighted by Crippen LogP contribution is -1.98. The van der Waals surface area contributed by atoms with Gasteiger partial charge in [0.05, 0.1) is 6.61 Å². The second-order valence-corrected chi connectivity index (χ2v) is 2.76. The van der Waals surface area contributed by atoms with Gasteiger partial charge >= 0.3 is 0 Å². The fourth-order valence-corrected chi connectivity index (χ4v) is 1.09. The summed E-state index contributed by atoms with van der Waals surface area (Å²) in [7, 11) is 0. The molecule has 1 rings (SSSR count). The molecule has 0 heterocycles. The second kappa shape index (κ2) is 4.54. The molecular formula is C11H12O2. The van der Waals surface area contributed by atoms with Crippen molar-refractivity contribution in [3.63, 3.8) is 0 Å². The van der Waals surface area contributed by atoms with Crippen LogP contribution in [0.15, 0.2) is 18.2 Å². The normalized spacial score (nSPS) is 9.31. The van der Waals surface area contributed by atoms with Gasteiger partial charge in [0, 0.05) is 5.56 Å². The number of benzene rings is 1. The average molecular weight is 176 g/mol. The Kier molecular flexibility index (Phi) is 3.36. The molecule has 0 unspecified atom stereocenters. The topological polar surface area (TPSA) is 29.5 Å². The predicted molar refractivity (Wildman–Crippen MR) is 51.4 cm³/mol. The quantitative estimate of drug-likeness (QED) is 0.707. The van der Waals surface area contributed by atoms with Gasteiger partial charge in [-0.3, -0.25) is 0 Å². The summed E-state index contributed by atoms with van der Waals surface area (Å²) < 4.78 is 5.24. The standard InChI is InChI=1S/C11H12O2/c1-3-6-13-11-5-4-9(2)7-10(11)8-12/h1,4-5,7,12H,6,8H2,2H3. The van der Waals surface area contributed by atoms with Crippen LogP contribution in [0.4, 0.5) is 0 Å². The molecule has 1 N–H and O–H groups in total. The van der Waals surface area contributed by atoms with E-state index in [0.717, 1.165) is 11.1 Å². The van der Waals surface area contributed by atoms with E-state index in [1.807, 2.05) is 25.1 Å². The van der Waals surface area contributed by atoms with Crippen molar-refractivity contribution in [1.82, 2.24) is 0 Å². The third-order valence-electron chi connectivity index (χ3n) is 1.70. The molecule has 2 nitrogen and oxygen atoms in total. The molecule has 0 aliphatic carbocycles. The van der Waals surface area contributed by atoms with Crippen LogP contribution in [0.25, 0.3) is 0 Å². The van der Waals surface area contributed by atoms with E-state index in [4.69, 9.17) is 16.3 Å². The summed E-state index contributed by atoms with van der Waals surface area (Å²) in [5.74, 6) is 3.04. The summed E-state index contributed by atoms with van der Waals surface area (Å²) >= 11 is 0. The molecule has 2 heteroatoms. The third-order valence-corrected chi connectivity index (χ3v) is 1.70. The smallest absolute Gasteiger partial charge is 0.148 e. The third kappa shape index (κ3) is 2.50. The van der Waals surface area contributed by atoms with Gasteiger partial charge in [-0.25, -0.2) is 0 Å². The summed E-state index contributed by atoms with van der Waals surface area (Å²) in [4.78, 5) is 0. The minimum Gasteiger partial charge on any atom is -0.481 e. The van der Waals surface area contributed by atoms with Crippen molar-refractivity contribution in [3.05, 3.63) is 29.3 Å². The Labute approximate surface area is 78.2 Å². The van der Waals surface area contributed by atoms with Crippen molar-refractivity contribution in [2.24, 2.45) is 0 Å². The van der Waals surface area contributed by atoms with E-state index < -0.39 is 0 Å². The second-order valence-electron chi connectivity index (χ2n) is 2.76. The van der Waals surface area contributed by atoms with Gasteiger partial charge in [0.25, 0.3) is 0 Å². The van der Waals surface area contributed by atoms with Crippen molar-refractivity contribution in [2.45, 2.75) is 13.5 Å². The van der Waals surface area contributed by atoms with Crippen LogP contribution in [-0.4, -0.2) is 11.7 Å². The van der Waals surface area contributed by atoms with E-state index in [1.54, 1.807) is 0 Å². The number of aryl methyl sites for hydroxylation is 1. The van der Waals surface area contributed by atoms with Crippen molar-refractivity contribution in [2.75, 3.05) is 6.61 Å². The summed E-state index contributed by atoms with van der Waals surface area (Å²) in [6, 6.07) is 5.62. The molecule has 68 valence electrons. The molecule has 0 spiro atoms. The molecule has 0 bridgehead atoms. The van der Waals surface area contributed by atoms with E-state index in [0.29, 0.717) is 5.75 Å². The van der Waals surface area contributed by atoms with Gasteiger partial charge in [0.15, 0.2) is 0 Å². The van der Waals surface area contributed by atoms with E-state index in [9.17, 15) is 0 Å². The number of terminal acetylenes is 1. The Morgan fingerprint density at radius 2 is 2.31 bits per heavy atom. The molecule has 0 aromatic heterocycles. The first-order valence-electron chi connectivity index (χ1n) is 4.04. The number of hydrogen-bond donors (Lipinski definition) is 1. The summed E-state index contributed by atoms with van der Waals surface area (Å²) in [6.07, 6.45) is 5.06. The van der Waals surface area contributed by atoms with E-state index in [1.165, 1.54) is 0 Å². The zero-order chi connectivity index (χ0) is 9.68. The van der Waals surface area contributed by atoms with Crippen molar-refractivity contribution < 1.29 is 9.84 Å². The number of ether oxygens (including phenoxy) is 1. The molecule has 0 saturated heterocycles. The van der Waals surface area contributed by atoms with Crippen molar-refractivity contribution in [1.29, 1.82) is 0 Å². The van der Waals surface area contributed by atoms with Gasteiger partial charge in [0.2, 0.25) is 0 Å². The lowest BCUT2D eigenvalue weighted by Gasteiger charge is -2.07. The molecule has 0 aliphatic heterocycles. The van der Waals surface area contributed by atoms with E-state index in [2.05, 4.69) is 5.92 Å². The highest BCUT2D eigenvalue weighted by Gasteiger charge is 2.01. The van der Waals surface area contributed by atoms with Crippen LogP contribution in [-0.2, 0) is 6.61 Å². The minimum absolute atomic E-state index is 0.0262. The largest absolute Gasteiger partial charge is 0.481 e. The minimum atomic E-state index is -0.0262. The van der Waals surface area contributed by atoms with E-state index >= 15 is 0 Å². The Bertz CT molecular complexity index is 323. The fourth-order valence-electron chi connectivity index (χ4n) is 1.09. The Balaban J connectivity index is 2.87. The lowest BCUT2D eigenvalue weighted by atomic mass is 10.1. The SMILES string of the molecule is C#CCOc1ccc(C)cc1CO. The van der Waals surface area contributed by atoms with Gasteiger partial charge in [-0.05, 0) is 13.0 Å². The highest BCUT2D eigenvalue weighted by atomic mass is 16.5. The fraction of sp³-hybridized carbons (Fsp3) is 0.273. The molecule has 0 saturated carbocycles. The highest BCUT2D eigenvalue weighted by molar-refractivity contribution is 5.36. The number of hydrogen-bond acceptors (Lipinski definition) is 2. The van der Waals surface area contributed by atoms with Crippen LogP contribution in [0, 0.1) is 19.3 Å². The summed E-state index contributed by atoms with van der Waals surface area (Å²) in [5.41, 5.74) is 1.87. The molecule has 0 radical (unpaired) electrons. The predicted octanol–water partition coefficient (Wildman–Crippen LogP) is 1.50. The molecule has 0 fully saturated rings. The monoisotopic (exact) mass is 176 g/mol. The summed E-state index contributed by atoms with van der Waals surface area (Å²) in [6.45, 7) is 2.17. The zero-order valence-electron chi connectivity index (χ0n) is 7.58. The number of rotatable bonds is 3. The van der Waals surface area contributed by atoms with Gasteiger partial charge in [-0.1, -0.05) is 23.6 Å². The maximum Gasteiger partial charge on any atom is 0.148 e. The Morgan fingerprint density at radius 3 is 2.92 bits per heavy atom. The van der Waals surface area contributed by atoms with Crippen LogP contribution < -0.4 is 4.74 Å². The Morgan fingerprint density at radius 1 is 1.54 bits per heavy atom. The highest BCUT2D eigenvalue weighted by Crippen LogP contribution is 2.19. The van der Waals surface area contributed by atoms with Crippen LogP contribution in [0.5, 0.6) is 5.75 Å². The maximum absolute atomic E-state index is 9.01. The number of aliphatic hydroxyl groups excluding tert-OH is 1. The average Bonchev–Trinajstić information content (AvgIpc) is 2.16. The van der Waals surface area contributed by atoms with E-state index in [-0.39, 0.29) is 13.2 Å². The lowest BCUT2D eigenvalue weighted by molar-refractivity contribution is 0.270. The molecule has 0 aliphatic rings. The first kappa shape index (κ1) is 9.63. The van der Waals surface area contributed by atoms with Crippen LogP contribution in [0.3, 0.4) is 0 Å². The van der Waals surface area contributed by atoms with Gasteiger partial charge in [0.1, 0.15) is 12.4 Å². The molecule has 0 amide bonds. The molecule has 13 heavy (non-hydrogen) atoms. The first-order valence-corrected chi connectivity index (χ1v) is 4.04. The Hall–Kier alpha value is -1.46. The molecule has 0 atom stereocenters. The van der Waals surface area contributed by atoms with Crippen molar-refractivity contribution in [3.8, 4) is 18.1 Å². The van der Waals surface area contributed by atoms with Gasteiger partial charge in [-0.2, -0.15) is 0 Å². The number of aliphatic hydroxyl groups is 1. The molecular weight excluding hydrogens is 164 g/mol. The van der Waals surface area contributed by atoms with Gasteiger partial charge < -0.3 is 9.84 Å². The van der Waals surface area contributed by atoms with Crippen molar-refractivity contribution >= 4 is 0 Å². The summed E-state index contributed by atoms with van der Waals surface area (Å²) in [5, 5.41) is 9.01. The van der Waals surface area contributed by atoms with Crippen LogP contribution >= 0.6 is 0 Å².